The zero-order valence-corrected chi connectivity index (χ0v) is 9.76. The third-order valence-electron chi connectivity index (χ3n) is 3.50. The van der Waals surface area contributed by atoms with Gasteiger partial charge < -0.3 is 14.6 Å². The molecule has 2 atom stereocenters. The number of nitrogens with one attached hydrogen (secondary N) is 1. The number of carbonyl (C=O) groups is 1. The number of ether oxygens (including phenoxy) is 1. The van der Waals surface area contributed by atoms with Crippen LogP contribution in [0, 0.1) is 0 Å². The van der Waals surface area contributed by atoms with E-state index in [-0.39, 0.29) is 18.1 Å². The highest BCUT2D eigenvalue weighted by molar-refractivity contribution is 5.81. The average Bonchev–Trinajstić information content (AvgIpc) is 2.99. The first-order chi connectivity index (χ1) is 8.33. The molecule has 1 amide bonds. The lowest BCUT2D eigenvalue weighted by Gasteiger charge is -2.25. The number of hydrogen-bond acceptors (Lipinski definition) is 3. The van der Waals surface area contributed by atoms with E-state index >= 15 is 0 Å². The molecule has 17 heavy (non-hydrogen) atoms. The number of imidazole rings is 1. The van der Waals surface area contributed by atoms with E-state index in [9.17, 15) is 4.79 Å². The van der Waals surface area contributed by atoms with Crippen LogP contribution in [0.25, 0.3) is 0 Å². The molecule has 3 heterocycles. The van der Waals surface area contributed by atoms with Crippen LogP contribution in [0.1, 0.15) is 25.1 Å². The molecule has 0 unspecified atom stereocenters. The molecule has 1 fully saturated rings. The van der Waals surface area contributed by atoms with Gasteiger partial charge in [0.25, 0.3) is 0 Å². The summed E-state index contributed by atoms with van der Waals surface area (Å²) >= 11 is 0. The molecule has 92 valence electrons. The molecule has 3 rings (SSSR count). The highest BCUT2D eigenvalue weighted by Crippen LogP contribution is 2.15. The van der Waals surface area contributed by atoms with Crippen molar-refractivity contribution >= 4 is 5.91 Å². The zero-order valence-electron chi connectivity index (χ0n) is 9.76. The van der Waals surface area contributed by atoms with Crippen molar-refractivity contribution in [2.45, 2.75) is 44.4 Å². The van der Waals surface area contributed by atoms with Crippen LogP contribution >= 0.6 is 0 Å². The fourth-order valence-corrected chi connectivity index (χ4v) is 2.56. The van der Waals surface area contributed by atoms with Gasteiger partial charge in [0.2, 0.25) is 5.91 Å². The monoisotopic (exact) mass is 235 g/mol. The predicted octanol–water partition coefficient (Wildman–Crippen LogP) is 0.493. The molecule has 0 spiro atoms. The number of hydrogen-bond donors (Lipinski definition) is 1. The minimum atomic E-state index is -0.223. The minimum absolute atomic E-state index is 0.0519. The summed E-state index contributed by atoms with van der Waals surface area (Å²) in [5.41, 5.74) is 0. The van der Waals surface area contributed by atoms with Gasteiger partial charge in [-0.15, -0.1) is 0 Å². The van der Waals surface area contributed by atoms with Crippen molar-refractivity contribution < 1.29 is 9.53 Å². The van der Waals surface area contributed by atoms with Crippen LogP contribution in [0.5, 0.6) is 0 Å². The maximum atomic E-state index is 11.9. The maximum Gasteiger partial charge on any atom is 0.249 e. The molecule has 5 nitrogen and oxygen atoms in total. The van der Waals surface area contributed by atoms with Crippen LogP contribution in [0.4, 0.5) is 0 Å². The van der Waals surface area contributed by atoms with E-state index in [4.69, 9.17) is 4.74 Å². The number of amides is 1. The molecule has 0 aliphatic carbocycles. The van der Waals surface area contributed by atoms with Crippen molar-refractivity contribution in [3.8, 4) is 0 Å². The Morgan fingerprint density at radius 3 is 3.29 bits per heavy atom. The topological polar surface area (TPSA) is 56.2 Å². The Kier molecular flexibility index (Phi) is 2.84. The third-order valence-corrected chi connectivity index (χ3v) is 3.50. The number of aromatic nitrogens is 2. The largest absolute Gasteiger partial charge is 0.368 e. The summed E-state index contributed by atoms with van der Waals surface area (Å²) in [6, 6.07) is 0.216. The summed E-state index contributed by atoms with van der Waals surface area (Å²) < 4.78 is 7.49. The highest BCUT2D eigenvalue weighted by Gasteiger charge is 2.27. The van der Waals surface area contributed by atoms with Crippen LogP contribution in [0.2, 0.25) is 0 Å². The second kappa shape index (κ2) is 4.49. The fourth-order valence-electron chi connectivity index (χ4n) is 2.56. The minimum Gasteiger partial charge on any atom is -0.368 e. The van der Waals surface area contributed by atoms with E-state index in [2.05, 4.69) is 14.9 Å². The standard InChI is InChI=1S/C12H17N3O2/c16-12(10-2-1-7-17-10)14-9-3-4-11-13-5-6-15(11)8-9/h5-6,9-10H,1-4,7-8H2,(H,14,16)/t9-,10+/m0/s1. The predicted molar refractivity (Wildman–Crippen MR) is 61.5 cm³/mol. The van der Waals surface area contributed by atoms with Gasteiger partial charge >= 0.3 is 0 Å². The Morgan fingerprint density at radius 1 is 1.53 bits per heavy atom. The number of rotatable bonds is 2. The van der Waals surface area contributed by atoms with Crippen LogP contribution in [-0.2, 0) is 22.5 Å². The Bertz CT molecular complexity index is 410. The summed E-state index contributed by atoms with van der Waals surface area (Å²) in [4.78, 5) is 16.2. The molecular formula is C12H17N3O2. The molecule has 1 saturated heterocycles. The fraction of sp³-hybridized carbons (Fsp3) is 0.667. The van der Waals surface area contributed by atoms with E-state index in [1.807, 2.05) is 12.4 Å². The molecular weight excluding hydrogens is 218 g/mol. The molecule has 5 heteroatoms. The summed E-state index contributed by atoms with van der Waals surface area (Å²) in [6.07, 6.45) is 7.32. The first-order valence-corrected chi connectivity index (χ1v) is 6.25. The van der Waals surface area contributed by atoms with Crippen LogP contribution in [0.3, 0.4) is 0 Å². The molecule has 1 aromatic heterocycles. The first kappa shape index (κ1) is 10.8. The van der Waals surface area contributed by atoms with Gasteiger partial charge in [0.1, 0.15) is 11.9 Å². The van der Waals surface area contributed by atoms with Gasteiger partial charge in [-0.1, -0.05) is 0 Å². The van der Waals surface area contributed by atoms with Crippen LogP contribution in [0.15, 0.2) is 12.4 Å². The van der Waals surface area contributed by atoms with Gasteiger partial charge in [-0.05, 0) is 19.3 Å². The second-order valence-corrected chi connectivity index (χ2v) is 4.74. The van der Waals surface area contributed by atoms with Crippen LogP contribution in [-0.4, -0.2) is 34.2 Å². The number of fused-ring (bicyclic) bond motifs is 1. The third kappa shape index (κ3) is 2.20. The Balaban J connectivity index is 1.58. The first-order valence-electron chi connectivity index (χ1n) is 6.25. The van der Waals surface area contributed by atoms with Gasteiger partial charge in [0.15, 0.2) is 0 Å². The number of nitrogens with zero attached hydrogens (tertiary/aromatic N) is 2. The molecule has 2 aliphatic rings. The molecule has 0 aromatic carbocycles. The summed E-state index contributed by atoms with van der Waals surface area (Å²) in [7, 11) is 0. The summed E-state index contributed by atoms with van der Waals surface area (Å²) in [5.74, 6) is 1.17. The van der Waals surface area contributed by atoms with Gasteiger partial charge in [0.05, 0.1) is 0 Å². The average molecular weight is 235 g/mol. The highest BCUT2D eigenvalue weighted by atomic mass is 16.5. The maximum absolute atomic E-state index is 11.9. The zero-order chi connectivity index (χ0) is 11.7. The summed E-state index contributed by atoms with van der Waals surface area (Å²) in [5, 5.41) is 3.08. The van der Waals surface area contributed by atoms with Crippen LogP contribution < -0.4 is 5.32 Å². The van der Waals surface area contributed by atoms with Crippen molar-refractivity contribution in [1.29, 1.82) is 0 Å². The lowest BCUT2D eigenvalue weighted by molar-refractivity contribution is -0.131. The molecule has 0 bridgehead atoms. The quantitative estimate of drug-likeness (QED) is 0.811. The summed E-state index contributed by atoms with van der Waals surface area (Å²) in [6.45, 7) is 1.54. The molecule has 0 radical (unpaired) electrons. The second-order valence-electron chi connectivity index (χ2n) is 4.74. The Hall–Kier alpha value is -1.36. The lowest BCUT2D eigenvalue weighted by atomic mass is 10.1. The van der Waals surface area contributed by atoms with Gasteiger partial charge in [-0.2, -0.15) is 0 Å². The number of carbonyl (C=O) groups excluding carboxylic acids is 1. The van der Waals surface area contributed by atoms with E-state index in [1.165, 1.54) is 0 Å². The lowest BCUT2D eigenvalue weighted by Crippen LogP contribution is -2.45. The van der Waals surface area contributed by atoms with Gasteiger partial charge in [-0.25, -0.2) is 4.98 Å². The Labute approximate surface area is 100 Å². The molecule has 2 aliphatic heterocycles. The van der Waals surface area contributed by atoms with E-state index in [1.54, 1.807) is 0 Å². The van der Waals surface area contributed by atoms with Gasteiger partial charge in [-0.3, -0.25) is 4.79 Å². The number of aryl methyl sites for hydroxylation is 1. The van der Waals surface area contributed by atoms with E-state index < -0.39 is 0 Å². The molecule has 1 N–H and O–H groups in total. The van der Waals surface area contributed by atoms with Crippen molar-refractivity contribution in [3.63, 3.8) is 0 Å². The smallest absolute Gasteiger partial charge is 0.249 e. The van der Waals surface area contributed by atoms with Crippen molar-refractivity contribution in [3.05, 3.63) is 18.2 Å². The normalized spacial score (nSPS) is 27.8. The van der Waals surface area contributed by atoms with Crippen molar-refractivity contribution in [2.75, 3.05) is 6.61 Å². The Morgan fingerprint density at radius 2 is 2.47 bits per heavy atom. The SMILES string of the molecule is O=C(N[C@H]1CCc2nccn2C1)[C@H]1CCCO1. The van der Waals surface area contributed by atoms with E-state index in [0.29, 0.717) is 6.61 Å². The molecule has 0 saturated carbocycles. The van der Waals surface area contributed by atoms with Gasteiger partial charge in [0, 0.05) is 38.0 Å². The van der Waals surface area contributed by atoms with Crippen molar-refractivity contribution in [2.24, 2.45) is 0 Å². The van der Waals surface area contributed by atoms with Crippen molar-refractivity contribution in [1.82, 2.24) is 14.9 Å². The molecule has 1 aromatic rings. The van der Waals surface area contributed by atoms with E-state index in [0.717, 1.165) is 38.1 Å².